The molecule has 1 fully saturated rings. The van der Waals surface area contributed by atoms with Crippen molar-refractivity contribution >= 4 is 16.4 Å². The van der Waals surface area contributed by atoms with Crippen molar-refractivity contribution in [3.05, 3.63) is 12.2 Å². The minimum atomic E-state index is -5.06. The Bertz CT molecular complexity index is 1220. The summed E-state index contributed by atoms with van der Waals surface area (Å²) in [5.41, 5.74) is 0. The third-order valence-corrected chi connectivity index (χ3v) is 13.6. The van der Waals surface area contributed by atoms with Crippen molar-refractivity contribution in [2.45, 2.75) is 301 Å². The highest BCUT2D eigenvalue weighted by molar-refractivity contribution is 7.80. The fraction of sp³-hybridized carbons (Fsp3) is 0.944. The minimum absolute atomic E-state index is 0.0391. The number of unbranched alkanes of at least 4 members (excludes halogenated alkanes) is 35. The first-order valence-electron chi connectivity index (χ1n) is 27.9. The minimum Gasteiger partial charge on any atom is -0.457 e. The van der Waals surface area contributed by atoms with Crippen molar-refractivity contribution in [1.82, 2.24) is 0 Å². The summed E-state index contributed by atoms with van der Waals surface area (Å²) in [7, 11) is -5.06. The lowest BCUT2D eigenvalue weighted by Gasteiger charge is -2.41. The highest BCUT2D eigenvalue weighted by Gasteiger charge is 2.48. The van der Waals surface area contributed by atoms with E-state index in [9.17, 15) is 33.1 Å². The molecule has 67 heavy (non-hydrogen) atoms. The quantitative estimate of drug-likeness (QED) is 0.0197. The fourth-order valence-corrected chi connectivity index (χ4v) is 9.41. The first-order chi connectivity index (χ1) is 32.6. The number of carbonyl (C=O) groups excluding carboxylic acids is 1. The lowest BCUT2D eigenvalue weighted by molar-refractivity contribution is -0.301. The van der Waals surface area contributed by atoms with E-state index >= 15 is 0 Å². The van der Waals surface area contributed by atoms with E-state index in [-0.39, 0.29) is 19.6 Å². The maximum Gasteiger partial charge on any atom is 0.397 e. The molecule has 398 valence electrons. The van der Waals surface area contributed by atoms with E-state index in [1.807, 2.05) is 0 Å². The van der Waals surface area contributed by atoms with Crippen LogP contribution in [0.2, 0.25) is 0 Å². The Morgan fingerprint density at radius 1 is 0.552 bits per heavy atom. The topological polar surface area (TPSA) is 178 Å². The number of hydrogen-bond acceptors (Lipinski definition) is 11. The molecule has 0 aromatic heterocycles. The van der Waals surface area contributed by atoms with Crippen molar-refractivity contribution in [1.29, 1.82) is 0 Å². The average Bonchev–Trinajstić information content (AvgIpc) is 3.30. The lowest BCUT2D eigenvalue weighted by Crippen LogP contribution is -2.60. The third kappa shape index (κ3) is 39.2. The van der Waals surface area contributed by atoms with Crippen molar-refractivity contribution < 1.29 is 56.2 Å². The molecule has 12 nitrogen and oxygen atoms in total. The Labute approximate surface area is 410 Å². The Balaban J connectivity index is 2.28. The van der Waals surface area contributed by atoms with Crippen LogP contribution in [0.15, 0.2) is 12.2 Å². The molecule has 0 amide bonds. The number of allylic oxidation sites excluding steroid dienone is 2. The van der Waals surface area contributed by atoms with Gasteiger partial charge in [0.1, 0.15) is 30.5 Å². The summed E-state index contributed by atoms with van der Waals surface area (Å²) in [6, 6.07) is 0. The molecule has 0 aromatic rings. The Kier molecular flexibility index (Phi) is 43.8. The Morgan fingerprint density at radius 2 is 0.940 bits per heavy atom. The lowest BCUT2D eigenvalue weighted by atomic mass is 9.99. The normalized spacial score (nSPS) is 19.4. The highest BCUT2D eigenvalue weighted by Crippen LogP contribution is 2.26. The second-order valence-corrected chi connectivity index (χ2v) is 20.6. The van der Waals surface area contributed by atoms with Crippen molar-refractivity contribution in [2.24, 2.45) is 0 Å². The van der Waals surface area contributed by atoms with E-state index < -0.39 is 59.8 Å². The smallest absolute Gasteiger partial charge is 0.397 e. The van der Waals surface area contributed by atoms with Crippen LogP contribution >= 0.6 is 0 Å². The molecule has 0 radical (unpaired) electrons. The van der Waals surface area contributed by atoms with Crippen molar-refractivity contribution in [3.63, 3.8) is 0 Å². The monoisotopic (exact) mass is 977 g/mol. The molecule has 0 aliphatic carbocycles. The van der Waals surface area contributed by atoms with Crippen molar-refractivity contribution in [3.8, 4) is 0 Å². The van der Waals surface area contributed by atoms with Crippen LogP contribution in [0.1, 0.15) is 264 Å². The summed E-state index contributed by atoms with van der Waals surface area (Å²) in [6.45, 7) is 4.04. The molecule has 13 heteroatoms. The first-order valence-corrected chi connectivity index (χ1v) is 29.3. The van der Waals surface area contributed by atoms with Crippen molar-refractivity contribution in [2.75, 3.05) is 26.4 Å². The molecule has 1 heterocycles. The largest absolute Gasteiger partial charge is 0.457 e. The number of ether oxygens (including phenoxy) is 4. The predicted octanol–water partition coefficient (Wildman–Crippen LogP) is 13.4. The van der Waals surface area contributed by atoms with E-state index in [0.717, 1.165) is 57.8 Å². The fourth-order valence-electron chi connectivity index (χ4n) is 8.91. The summed E-state index contributed by atoms with van der Waals surface area (Å²) in [4.78, 5) is 12.9. The maximum absolute atomic E-state index is 12.9. The van der Waals surface area contributed by atoms with Crippen LogP contribution in [0.3, 0.4) is 0 Å². The molecule has 1 aliphatic rings. The van der Waals surface area contributed by atoms with Crippen LogP contribution in [-0.4, -0.2) is 97.5 Å². The molecule has 4 N–H and O–H groups in total. The molecule has 0 aromatic carbocycles. The van der Waals surface area contributed by atoms with E-state index in [4.69, 9.17) is 18.9 Å². The van der Waals surface area contributed by atoms with E-state index in [0.29, 0.717) is 13.0 Å². The van der Waals surface area contributed by atoms with E-state index in [2.05, 4.69) is 30.2 Å². The van der Waals surface area contributed by atoms with Gasteiger partial charge in [0.15, 0.2) is 6.29 Å². The molecule has 1 aliphatic heterocycles. The summed E-state index contributed by atoms with van der Waals surface area (Å²) in [6.07, 6.45) is 44.0. The molecule has 1 rings (SSSR count). The zero-order chi connectivity index (χ0) is 48.9. The van der Waals surface area contributed by atoms with Crippen LogP contribution in [0.5, 0.6) is 0 Å². The molecular formula is C54H104O12S. The van der Waals surface area contributed by atoms with Gasteiger partial charge in [0.2, 0.25) is 0 Å². The summed E-state index contributed by atoms with van der Waals surface area (Å²) in [5, 5.41) is 30.8. The number of rotatable bonds is 50. The predicted molar refractivity (Wildman–Crippen MR) is 271 cm³/mol. The molecule has 0 bridgehead atoms. The van der Waals surface area contributed by atoms with Gasteiger partial charge in [-0.05, 0) is 38.5 Å². The zero-order valence-electron chi connectivity index (χ0n) is 43.0. The van der Waals surface area contributed by atoms with Gasteiger partial charge in [0.05, 0.1) is 19.8 Å². The SMILES string of the molecule is CCCCCCCCC/C=C\CCCCCCCC(=O)OC(COCCCCCCCCCCCCCCCCCCCCCCCCCC)COC1OC(CO)C(O)C(OS(=O)(=O)O)C1O. The standard InChI is InChI=1S/C54H104O12S/c1-3-5-7-9-11-13-15-17-19-21-22-23-24-25-26-27-28-30-32-34-36-38-40-42-44-62-46-48(47-63-54-52(58)53(66-67(59,60)61)51(57)49(45-55)65-54)64-50(56)43-41-39-37-35-33-31-29-20-18-16-14-12-10-8-6-4-2/h20,29,48-49,51-55,57-58H,3-19,21-28,30-47H2,1-2H3,(H,59,60,61)/b29-20-. The van der Waals surface area contributed by atoms with Gasteiger partial charge in [-0.1, -0.05) is 231 Å². The number of esters is 1. The summed E-state index contributed by atoms with van der Waals surface area (Å²) < 4.78 is 59.3. The second-order valence-electron chi connectivity index (χ2n) is 19.5. The van der Waals surface area contributed by atoms with Gasteiger partial charge in [-0.15, -0.1) is 0 Å². The average molecular weight is 977 g/mol. The van der Waals surface area contributed by atoms with Gasteiger partial charge >= 0.3 is 16.4 Å². The Hall–Kier alpha value is -1.16. The van der Waals surface area contributed by atoms with Crippen LogP contribution < -0.4 is 0 Å². The van der Waals surface area contributed by atoms with Gasteiger partial charge in [0.25, 0.3) is 0 Å². The molecule has 6 unspecified atom stereocenters. The van der Waals surface area contributed by atoms with E-state index in [1.54, 1.807) is 0 Å². The van der Waals surface area contributed by atoms with Crippen LogP contribution in [0, 0.1) is 0 Å². The summed E-state index contributed by atoms with van der Waals surface area (Å²) >= 11 is 0. The zero-order valence-corrected chi connectivity index (χ0v) is 43.8. The molecule has 1 saturated heterocycles. The Morgan fingerprint density at radius 3 is 1.34 bits per heavy atom. The van der Waals surface area contributed by atoms with Crippen LogP contribution in [0.4, 0.5) is 0 Å². The number of aliphatic hydroxyl groups excluding tert-OH is 3. The van der Waals surface area contributed by atoms with Crippen LogP contribution in [0.25, 0.3) is 0 Å². The number of carbonyl (C=O) groups is 1. The van der Waals surface area contributed by atoms with Gasteiger partial charge < -0.3 is 34.3 Å². The molecule has 0 saturated carbocycles. The third-order valence-electron chi connectivity index (χ3n) is 13.1. The summed E-state index contributed by atoms with van der Waals surface area (Å²) in [5.74, 6) is -0.401. The van der Waals surface area contributed by atoms with Gasteiger partial charge in [0, 0.05) is 13.0 Å². The number of hydrogen-bond donors (Lipinski definition) is 4. The molecule has 6 atom stereocenters. The molecule has 0 spiro atoms. The van der Waals surface area contributed by atoms with Gasteiger partial charge in [-0.3, -0.25) is 9.35 Å². The van der Waals surface area contributed by atoms with Gasteiger partial charge in [-0.2, -0.15) is 8.42 Å². The molecular weight excluding hydrogens is 873 g/mol. The number of aliphatic hydroxyl groups is 3. The maximum atomic E-state index is 12.9. The van der Waals surface area contributed by atoms with E-state index in [1.165, 1.54) is 180 Å². The highest BCUT2D eigenvalue weighted by atomic mass is 32.3. The second kappa shape index (κ2) is 45.9. The van der Waals surface area contributed by atoms with Gasteiger partial charge in [-0.25, -0.2) is 4.18 Å². The first kappa shape index (κ1) is 63.9. The van der Waals surface area contributed by atoms with Crippen LogP contribution in [-0.2, 0) is 38.3 Å².